The number of sulfonamides is 1. The van der Waals surface area contributed by atoms with E-state index in [1.807, 2.05) is 6.07 Å². The van der Waals surface area contributed by atoms with Gasteiger partial charge in [-0.1, -0.05) is 12.1 Å². The quantitative estimate of drug-likeness (QED) is 0.905. The third-order valence-corrected chi connectivity index (χ3v) is 5.25. The number of halogens is 1. The summed E-state index contributed by atoms with van der Waals surface area (Å²) in [7, 11) is -3.36. The number of benzene rings is 1. The van der Waals surface area contributed by atoms with E-state index in [1.165, 1.54) is 4.31 Å². The van der Waals surface area contributed by atoms with Crippen LogP contribution in [0.3, 0.4) is 0 Å². The summed E-state index contributed by atoms with van der Waals surface area (Å²) in [5, 5.41) is 8.83. The zero-order valence-electron chi connectivity index (χ0n) is 11.0. The topological polar surface area (TPSA) is 87.2 Å². The highest BCUT2D eigenvalue weighted by atomic mass is 35.5. The van der Waals surface area contributed by atoms with Crippen LogP contribution in [0.15, 0.2) is 24.3 Å². The molecule has 0 saturated carbocycles. The van der Waals surface area contributed by atoms with Gasteiger partial charge in [-0.2, -0.15) is 9.57 Å². The van der Waals surface area contributed by atoms with Crippen molar-refractivity contribution in [2.24, 2.45) is 5.73 Å². The Bertz CT molecular complexity index is 598. The summed E-state index contributed by atoms with van der Waals surface area (Å²) >= 11 is 0. The maximum Gasteiger partial charge on any atom is 0.218 e. The van der Waals surface area contributed by atoms with E-state index in [0.29, 0.717) is 24.2 Å². The van der Waals surface area contributed by atoms with Crippen molar-refractivity contribution >= 4 is 22.4 Å². The van der Waals surface area contributed by atoms with Crippen molar-refractivity contribution in [1.29, 1.82) is 5.26 Å². The summed E-state index contributed by atoms with van der Waals surface area (Å²) in [5.74, 6) is -0.0704. The Morgan fingerprint density at radius 1 is 1.45 bits per heavy atom. The minimum absolute atomic E-state index is 0. The number of hydrogen-bond donors (Lipinski definition) is 1. The molecule has 1 aliphatic heterocycles. The molecule has 0 aliphatic carbocycles. The number of hydrogen-bond acceptors (Lipinski definition) is 4. The molecule has 0 radical (unpaired) electrons. The van der Waals surface area contributed by atoms with Crippen molar-refractivity contribution in [3.63, 3.8) is 0 Å². The molecular formula is C13H18ClN3O2S. The molecule has 1 saturated heterocycles. The van der Waals surface area contributed by atoms with Gasteiger partial charge in [0.1, 0.15) is 0 Å². The lowest BCUT2D eigenvalue weighted by atomic mass is 10.2. The smallest absolute Gasteiger partial charge is 0.218 e. The Morgan fingerprint density at radius 3 is 2.85 bits per heavy atom. The van der Waals surface area contributed by atoms with Crippen molar-refractivity contribution in [3.05, 3.63) is 35.4 Å². The van der Waals surface area contributed by atoms with Gasteiger partial charge in [0, 0.05) is 19.1 Å². The van der Waals surface area contributed by atoms with Gasteiger partial charge in [0.15, 0.2) is 0 Å². The minimum Gasteiger partial charge on any atom is -0.329 e. The number of nitriles is 1. The average molecular weight is 316 g/mol. The number of nitrogens with two attached hydrogens (primary N) is 1. The van der Waals surface area contributed by atoms with Crippen LogP contribution in [0.4, 0.5) is 0 Å². The van der Waals surface area contributed by atoms with E-state index < -0.39 is 10.0 Å². The van der Waals surface area contributed by atoms with Crippen molar-refractivity contribution in [2.75, 3.05) is 13.1 Å². The molecule has 20 heavy (non-hydrogen) atoms. The molecule has 2 N–H and O–H groups in total. The fraction of sp³-hybridized carbons (Fsp3) is 0.462. The third kappa shape index (κ3) is 3.70. The standard InChI is InChI=1S/C13H17N3O2S.ClH/c14-8-11-3-1-4-12(7-11)10-19(17,18)16-6-2-5-13(16)9-15;/h1,3-4,7,13H,2,5-6,9-10,15H2;1H. The van der Waals surface area contributed by atoms with E-state index in [1.54, 1.807) is 24.3 Å². The van der Waals surface area contributed by atoms with Crippen LogP contribution < -0.4 is 5.73 Å². The van der Waals surface area contributed by atoms with Crippen LogP contribution in [0.2, 0.25) is 0 Å². The molecule has 5 nitrogen and oxygen atoms in total. The van der Waals surface area contributed by atoms with Gasteiger partial charge < -0.3 is 5.73 Å². The van der Waals surface area contributed by atoms with Gasteiger partial charge in [-0.3, -0.25) is 0 Å². The Kier molecular flexibility index (Phi) is 5.96. The summed E-state index contributed by atoms with van der Waals surface area (Å²) < 4.78 is 26.2. The molecule has 1 heterocycles. The molecule has 0 bridgehead atoms. The fourth-order valence-corrected chi connectivity index (χ4v) is 4.25. The summed E-state index contributed by atoms with van der Waals surface area (Å²) in [6.45, 7) is 0.902. The molecule has 1 aromatic carbocycles. The van der Waals surface area contributed by atoms with Gasteiger partial charge in [-0.15, -0.1) is 12.4 Å². The highest BCUT2D eigenvalue weighted by Crippen LogP contribution is 2.23. The number of rotatable bonds is 4. The molecule has 2 rings (SSSR count). The SMILES string of the molecule is Cl.N#Cc1cccc(CS(=O)(=O)N2CCCC2CN)c1. The maximum absolute atomic E-state index is 12.4. The van der Waals surface area contributed by atoms with Crippen molar-refractivity contribution in [2.45, 2.75) is 24.6 Å². The second kappa shape index (κ2) is 7.04. The first kappa shape index (κ1) is 16.9. The second-order valence-electron chi connectivity index (χ2n) is 4.71. The Morgan fingerprint density at radius 2 is 2.20 bits per heavy atom. The summed E-state index contributed by atoms with van der Waals surface area (Å²) in [6.07, 6.45) is 1.69. The second-order valence-corrected chi connectivity index (χ2v) is 6.63. The van der Waals surface area contributed by atoms with E-state index in [0.717, 1.165) is 12.8 Å². The Hall–Kier alpha value is -1.13. The van der Waals surface area contributed by atoms with E-state index >= 15 is 0 Å². The fourth-order valence-electron chi connectivity index (χ4n) is 2.44. The van der Waals surface area contributed by atoms with Crippen LogP contribution >= 0.6 is 12.4 Å². The molecule has 1 unspecified atom stereocenters. The van der Waals surface area contributed by atoms with E-state index in [4.69, 9.17) is 11.0 Å². The van der Waals surface area contributed by atoms with Gasteiger partial charge in [0.2, 0.25) is 10.0 Å². The predicted molar refractivity (Wildman–Crippen MR) is 79.8 cm³/mol. The highest BCUT2D eigenvalue weighted by molar-refractivity contribution is 7.88. The van der Waals surface area contributed by atoms with Gasteiger partial charge in [0.05, 0.1) is 17.4 Å². The van der Waals surface area contributed by atoms with Crippen LogP contribution in [-0.2, 0) is 15.8 Å². The zero-order chi connectivity index (χ0) is 13.9. The first-order chi connectivity index (χ1) is 9.06. The van der Waals surface area contributed by atoms with E-state index in [2.05, 4.69) is 0 Å². The minimum atomic E-state index is -3.36. The molecule has 7 heteroatoms. The Balaban J connectivity index is 0.00000200. The van der Waals surface area contributed by atoms with Gasteiger partial charge >= 0.3 is 0 Å². The first-order valence-corrected chi connectivity index (χ1v) is 7.86. The van der Waals surface area contributed by atoms with Crippen LogP contribution in [0.5, 0.6) is 0 Å². The van der Waals surface area contributed by atoms with Crippen LogP contribution in [0.1, 0.15) is 24.0 Å². The van der Waals surface area contributed by atoms with E-state index in [9.17, 15) is 8.42 Å². The molecule has 0 aromatic heterocycles. The van der Waals surface area contributed by atoms with E-state index in [-0.39, 0.29) is 24.2 Å². The highest BCUT2D eigenvalue weighted by Gasteiger charge is 2.33. The number of nitrogens with zero attached hydrogens (tertiary/aromatic N) is 2. The van der Waals surface area contributed by atoms with Crippen molar-refractivity contribution < 1.29 is 8.42 Å². The first-order valence-electron chi connectivity index (χ1n) is 6.25. The lowest BCUT2D eigenvalue weighted by Crippen LogP contribution is -2.40. The molecule has 1 fully saturated rings. The van der Waals surface area contributed by atoms with Gasteiger partial charge in [-0.25, -0.2) is 8.42 Å². The summed E-state index contributed by atoms with van der Waals surface area (Å²) in [6, 6.07) is 8.64. The van der Waals surface area contributed by atoms with Crippen molar-refractivity contribution in [1.82, 2.24) is 4.31 Å². The van der Waals surface area contributed by atoms with Crippen molar-refractivity contribution in [3.8, 4) is 6.07 Å². The van der Waals surface area contributed by atoms with Gasteiger partial charge in [0.25, 0.3) is 0 Å². The lowest BCUT2D eigenvalue weighted by Gasteiger charge is -2.22. The zero-order valence-corrected chi connectivity index (χ0v) is 12.7. The van der Waals surface area contributed by atoms with Gasteiger partial charge in [-0.05, 0) is 30.5 Å². The third-order valence-electron chi connectivity index (χ3n) is 3.36. The molecule has 1 aliphatic rings. The monoisotopic (exact) mass is 315 g/mol. The maximum atomic E-state index is 12.4. The molecule has 0 amide bonds. The van der Waals surface area contributed by atoms with Crippen LogP contribution in [-0.4, -0.2) is 31.9 Å². The average Bonchev–Trinajstić information content (AvgIpc) is 2.87. The molecule has 1 aromatic rings. The predicted octanol–water partition coefficient (Wildman–Crippen LogP) is 1.23. The lowest BCUT2D eigenvalue weighted by molar-refractivity contribution is 0.392. The molecular weight excluding hydrogens is 298 g/mol. The molecule has 110 valence electrons. The van der Waals surface area contributed by atoms with Crippen LogP contribution in [0.25, 0.3) is 0 Å². The molecule has 1 atom stereocenters. The Labute approximate surface area is 125 Å². The summed E-state index contributed by atoms with van der Waals surface area (Å²) in [5.41, 5.74) is 6.73. The normalized spacial score (nSPS) is 19.3. The summed E-state index contributed by atoms with van der Waals surface area (Å²) in [4.78, 5) is 0. The largest absolute Gasteiger partial charge is 0.329 e. The van der Waals surface area contributed by atoms with Crippen LogP contribution in [0, 0.1) is 11.3 Å². The molecule has 0 spiro atoms.